The van der Waals surface area contributed by atoms with Crippen LogP contribution in [0.4, 0.5) is 14.5 Å². The molecule has 0 fully saturated rings. The van der Waals surface area contributed by atoms with E-state index in [0.717, 1.165) is 6.08 Å². The lowest BCUT2D eigenvalue weighted by molar-refractivity contribution is -0.468. The summed E-state index contributed by atoms with van der Waals surface area (Å²) in [5, 5.41) is 15.3. The largest absolute Gasteiger partial charge is 0.594 e. The van der Waals surface area contributed by atoms with E-state index in [1.165, 1.54) is 6.08 Å². The maximum Gasteiger partial charge on any atom is 0.270 e. The molecule has 0 aliphatic heterocycles. The second-order valence-electron chi connectivity index (χ2n) is 3.64. The normalized spacial score (nSPS) is 18.9. The van der Waals surface area contributed by atoms with Crippen LogP contribution < -0.4 is 0 Å². The summed E-state index contributed by atoms with van der Waals surface area (Å²) in [4.78, 5) is 0.348. The second-order valence-corrected chi connectivity index (χ2v) is 3.64. The summed E-state index contributed by atoms with van der Waals surface area (Å²) >= 11 is 0. The van der Waals surface area contributed by atoms with Gasteiger partial charge in [-0.15, -0.1) is 0 Å². The Morgan fingerprint density at radius 1 is 1.24 bits per heavy atom. The molecule has 0 bridgehead atoms. The average molecular weight is 236 g/mol. The molecule has 1 aliphatic carbocycles. The van der Waals surface area contributed by atoms with E-state index in [-0.39, 0.29) is 5.70 Å². The first kappa shape index (κ1) is 11.4. The van der Waals surface area contributed by atoms with Crippen LogP contribution in [-0.2, 0) is 0 Å². The fraction of sp³-hybridized carbons (Fsp3) is 0.167. The van der Waals surface area contributed by atoms with Gasteiger partial charge in [0, 0.05) is 17.6 Å². The topological polar surface area (TPSA) is 38.4 Å². The Kier molecular flexibility index (Phi) is 2.99. The molecule has 0 N–H and O–H groups in total. The maximum absolute atomic E-state index is 12.8. The molecule has 0 saturated carbocycles. The van der Waals surface area contributed by atoms with E-state index < -0.39 is 12.3 Å². The Balaban J connectivity index is 2.18. The molecule has 1 aromatic rings. The van der Waals surface area contributed by atoms with Crippen LogP contribution in [0.1, 0.15) is 6.42 Å². The van der Waals surface area contributed by atoms with Crippen LogP contribution in [0.2, 0.25) is 0 Å². The van der Waals surface area contributed by atoms with Crippen molar-refractivity contribution >= 4 is 5.69 Å². The van der Waals surface area contributed by atoms with E-state index in [2.05, 4.69) is 5.11 Å². The van der Waals surface area contributed by atoms with Gasteiger partial charge in [-0.05, 0) is 24.3 Å². The molecule has 17 heavy (non-hydrogen) atoms. The molecule has 0 amide bonds. The molecule has 0 aromatic heterocycles. The van der Waals surface area contributed by atoms with E-state index in [0.29, 0.717) is 16.6 Å². The summed E-state index contributed by atoms with van der Waals surface area (Å²) in [5.74, 6) is -2.86. The highest BCUT2D eigenvalue weighted by Crippen LogP contribution is 2.27. The Morgan fingerprint density at radius 3 is 2.53 bits per heavy atom. The molecule has 2 rings (SSSR count). The molecule has 0 spiro atoms. The number of hydrogen-bond acceptors (Lipinski definition) is 2. The monoisotopic (exact) mass is 236 g/mol. The SMILES string of the molecule is [O-][N+](=Nc1ccccc1)C1=CCC(F)(F)C=C1. The fourth-order valence-electron chi connectivity index (χ4n) is 1.38. The highest BCUT2D eigenvalue weighted by molar-refractivity contribution is 5.34. The highest BCUT2D eigenvalue weighted by Gasteiger charge is 2.28. The Labute approximate surface area is 97.0 Å². The van der Waals surface area contributed by atoms with Crippen LogP contribution in [0.5, 0.6) is 0 Å². The van der Waals surface area contributed by atoms with Crippen LogP contribution in [-0.4, -0.2) is 10.8 Å². The minimum atomic E-state index is -2.86. The molecule has 1 aliphatic rings. The Hall–Kier alpha value is -2.04. The minimum absolute atomic E-state index is 0.125. The maximum atomic E-state index is 12.8. The zero-order valence-electron chi connectivity index (χ0n) is 8.88. The Morgan fingerprint density at radius 2 is 1.94 bits per heavy atom. The summed E-state index contributed by atoms with van der Waals surface area (Å²) in [6.45, 7) is 0. The molecular weight excluding hydrogens is 226 g/mol. The summed E-state index contributed by atoms with van der Waals surface area (Å²) in [5.41, 5.74) is 0.605. The lowest BCUT2D eigenvalue weighted by atomic mass is 10.1. The molecule has 0 heterocycles. The molecule has 0 radical (unpaired) electrons. The van der Waals surface area contributed by atoms with Gasteiger partial charge >= 0.3 is 0 Å². The molecule has 0 atom stereocenters. The van der Waals surface area contributed by atoms with Gasteiger partial charge in [0.25, 0.3) is 5.92 Å². The number of halogens is 2. The standard InChI is InChI=1S/C12H10F2N2O/c13-12(14)8-6-11(7-9-12)16(17)15-10-4-2-1-3-5-10/h1-8H,9H2. The van der Waals surface area contributed by atoms with Gasteiger partial charge in [-0.1, -0.05) is 23.1 Å². The third-order valence-corrected chi connectivity index (χ3v) is 2.26. The quantitative estimate of drug-likeness (QED) is 0.437. The molecule has 0 saturated heterocycles. The van der Waals surface area contributed by atoms with Crippen molar-refractivity contribution in [2.45, 2.75) is 12.3 Å². The second kappa shape index (κ2) is 4.45. The van der Waals surface area contributed by atoms with E-state index in [1.54, 1.807) is 30.3 Å². The lowest BCUT2D eigenvalue weighted by Crippen LogP contribution is -2.15. The molecule has 88 valence electrons. The number of azo groups is 1. The van der Waals surface area contributed by atoms with E-state index in [4.69, 9.17) is 0 Å². The average Bonchev–Trinajstić information content (AvgIpc) is 2.30. The number of hydroxylamine groups is 1. The van der Waals surface area contributed by atoms with Crippen molar-refractivity contribution in [3.63, 3.8) is 0 Å². The molecule has 0 unspecified atom stereocenters. The minimum Gasteiger partial charge on any atom is -0.594 e. The summed E-state index contributed by atoms with van der Waals surface area (Å²) < 4.78 is 25.6. The number of rotatable bonds is 2. The van der Waals surface area contributed by atoms with Gasteiger partial charge in [0.1, 0.15) is 5.69 Å². The van der Waals surface area contributed by atoms with Crippen LogP contribution in [0, 0.1) is 5.21 Å². The van der Waals surface area contributed by atoms with E-state index >= 15 is 0 Å². The van der Waals surface area contributed by atoms with Crippen molar-refractivity contribution < 1.29 is 13.6 Å². The van der Waals surface area contributed by atoms with Crippen LogP contribution in [0.15, 0.2) is 59.4 Å². The molecule has 1 aromatic carbocycles. The zero-order valence-corrected chi connectivity index (χ0v) is 8.88. The van der Waals surface area contributed by atoms with Crippen molar-refractivity contribution in [3.8, 4) is 0 Å². The predicted molar refractivity (Wildman–Crippen MR) is 58.9 cm³/mol. The molecular formula is C12H10F2N2O. The third-order valence-electron chi connectivity index (χ3n) is 2.26. The van der Waals surface area contributed by atoms with Crippen molar-refractivity contribution in [3.05, 3.63) is 59.5 Å². The van der Waals surface area contributed by atoms with Gasteiger partial charge in [0.05, 0.1) is 0 Å². The lowest BCUT2D eigenvalue weighted by Gasteiger charge is -2.12. The zero-order chi connectivity index (χ0) is 12.3. The third kappa shape index (κ3) is 2.96. The van der Waals surface area contributed by atoms with Crippen LogP contribution >= 0.6 is 0 Å². The number of nitrogens with zero attached hydrogens (tertiary/aromatic N) is 2. The first-order valence-electron chi connectivity index (χ1n) is 5.08. The summed E-state index contributed by atoms with van der Waals surface area (Å²) in [7, 11) is 0. The highest BCUT2D eigenvalue weighted by atomic mass is 19.3. The van der Waals surface area contributed by atoms with Gasteiger partial charge < -0.3 is 5.21 Å². The number of hydrogen-bond donors (Lipinski definition) is 0. The van der Waals surface area contributed by atoms with E-state index in [9.17, 15) is 14.0 Å². The van der Waals surface area contributed by atoms with Gasteiger partial charge in [0.2, 0.25) is 5.70 Å². The van der Waals surface area contributed by atoms with Gasteiger partial charge in [-0.25, -0.2) is 8.78 Å². The van der Waals surface area contributed by atoms with Crippen molar-refractivity contribution in [2.75, 3.05) is 0 Å². The summed E-state index contributed by atoms with van der Waals surface area (Å²) in [6.07, 6.45) is 2.51. The van der Waals surface area contributed by atoms with Crippen molar-refractivity contribution in [1.29, 1.82) is 0 Å². The molecule has 5 heteroatoms. The molecule has 3 nitrogen and oxygen atoms in total. The van der Waals surface area contributed by atoms with Crippen LogP contribution in [0.3, 0.4) is 0 Å². The predicted octanol–water partition coefficient (Wildman–Crippen LogP) is 3.76. The van der Waals surface area contributed by atoms with Crippen molar-refractivity contribution in [1.82, 2.24) is 0 Å². The Bertz CT molecular complexity index is 492. The van der Waals surface area contributed by atoms with Gasteiger partial charge in [0.15, 0.2) is 0 Å². The van der Waals surface area contributed by atoms with E-state index in [1.807, 2.05) is 0 Å². The fourth-order valence-corrected chi connectivity index (χ4v) is 1.38. The van der Waals surface area contributed by atoms with Crippen LogP contribution in [0.25, 0.3) is 0 Å². The number of alkyl halides is 2. The van der Waals surface area contributed by atoms with Crippen molar-refractivity contribution in [2.24, 2.45) is 5.11 Å². The first-order chi connectivity index (χ1) is 8.07. The smallest absolute Gasteiger partial charge is 0.270 e. The van der Waals surface area contributed by atoms with Gasteiger partial charge in [-0.3, -0.25) is 0 Å². The number of benzene rings is 1. The first-order valence-corrected chi connectivity index (χ1v) is 5.08. The number of allylic oxidation sites excluding steroid dienone is 3. The van der Waals surface area contributed by atoms with Gasteiger partial charge in [-0.2, -0.15) is 0 Å². The summed E-state index contributed by atoms with van der Waals surface area (Å²) in [6, 6.07) is 8.60.